The van der Waals surface area contributed by atoms with Gasteiger partial charge in [-0.2, -0.15) is 0 Å². The van der Waals surface area contributed by atoms with E-state index in [1.807, 2.05) is 60.7 Å². The number of hydrogen-bond donors (Lipinski definition) is 0. The highest BCUT2D eigenvalue weighted by Crippen LogP contribution is 2.35. The van der Waals surface area contributed by atoms with Crippen LogP contribution in [0.2, 0.25) is 0 Å². The van der Waals surface area contributed by atoms with E-state index in [1.54, 1.807) is 42.7 Å². The van der Waals surface area contributed by atoms with Crippen molar-refractivity contribution in [2.75, 3.05) is 6.61 Å². The Labute approximate surface area is 255 Å². The average molecular weight is 606 g/mol. The van der Waals surface area contributed by atoms with E-state index < -0.39 is 16.9 Å². The molecule has 2 heterocycles. The van der Waals surface area contributed by atoms with Crippen LogP contribution in [0.3, 0.4) is 0 Å². The van der Waals surface area contributed by atoms with Gasteiger partial charge in [0.2, 0.25) is 0 Å². The maximum Gasteiger partial charge on any atom is 0.338 e. The molecule has 10 heteroatoms. The van der Waals surface area contributed by atoms with Gasteiger partial charge in [-0.15, -0.1) is 0 Å². The lowest BCUT2D eigenvalue weighted by Gasteiger charge is -2.25. The Morgan fingerprint density at radius 1 is 1.02 bits per heavy atom. The quantitative estimate of drug-likeness (QED) is 0.132. The van der Waals surface area contributed by atoms with Crippen molar-refractivity contribution < 1.29 is 19.2 Å². The van der Waals surface area contributed by atoms with Gasteiger partial charge >= 0.3 is 5.97 Å². The molecule has 0 radical (unpaired) electrons. The van der Waals surface area contributed by atoms with Gasteiger partial charge in [-0.1, -0.05) is 72.0 Å². The first kappa shape index (κ1) is 28.8. The number of para-hydroxylation sites is 1. The minimum Gasteiger partial charge on any atom is -0.488 e. The molecule has 4 aromatic carbocycles. The Morgan fingerprint density at radius 3 is 2.52 bits per heavy atom. The summed E-state index contributed by atoms with van der Waals surface area (Å²) in [6.07, 6.45) is 1.76. The normalized spacial score (nSPS) is 14.7. The van der Waals surface area contributed by atoms with Crippen molar-refractivity contribution in [3.05, 3.63) is 149 Å². The van der Waals surface area contributed by atoms with E-state index in [0.29, 0.717) is 31.9 Å². The summed E-state index contributed by atoms with van der Waals surface area (Å²) in [6, 6.07) is 26.5. The molecule has 0 saturated heterocycles. The second kappa shape index (κ2) is 12.1. The Balaban J connectivity index is 1.44. The monoisotopic (exact) mass is 605 g/mol. The van der Waals surface area contributed by atoms with Gasteiger partial charge in [0, 0.05) is 17.7 Å². The molecular weight excluding hydrogens is 578 g/mol. The van der Waals surface area contributed by atoms with Gasteiger partial charge in [-0.3, -0.25) is 19.5 Å². The number of carbonyl (C=O) groups is 1. The van der Waals surface area contributed by atoms with Crippen LogP contribution in [0.25, 0.3) is 16.8 Å². The van der Waals surface area contributed by atoms with Crippen molar-refractivity contribution in [2.24, 2.45) is 4.99 Å². The van der Waals surface area contributed by atoms with Crippen LogP contribution in [0.1, 0.15) is 36.6 Å². The predicted octanol–water partition coefficient (Wildman–Crippen LogP) is 5.44. The summed E-state index contributed by atoms with van der Waals surface area (Å²) in [5.74, 6) is 0.0386. The van der Waals surface area contributed by atoms with Gasteiger partial charge in [0.25, 0.3) is 11.2 Å². The molecule has 0 unspecified atom stereocenters. The van der Waals surface area contributed by atoms with Crippen molar-refractivity contribution in [2.45, 2.75) is 26.5 Å². The molecule has 0 fully saturated rings. The molecule has 0 N–H and O–H groups in total. The zero-order chi connectivity index (χ0) is 30.8. The molecule has 1 aliphatic rings. The average Bonchev–Trinajstić information content (AvgIpc) is 3.33. The molecule has 1 aliphatic heterocycles. The van der Waals surface area contributed by atoms with Gasteiger partial charge in [0.1, 0.15) is 12.4 Å². The SMILES string of the molecule is CCOC(=O)C1=C(C)N=c2s/c(=C/c3ccccc3OCc3ccc([N+](=O)[O-])cc3)c(=O)n2[C@H]1c1cccc2ccccc12. The van der Waals surface area contributed by atoms with E-state index in [2.05, 4.69) is 4.99 Å². The smallest absolute Gasteiger partial charge is 0.338 e. The number of nitrogens with zero attached hydrogens (tertiary/aromatic N) is 3. The van der Waals surface area contributed by atoms with E-state index in [9.17, 15) is 19.7 Å². The van der Waals surface area contributed by atoms with Crippen molar-refractivity contribution in [1.82, 2.24) is 4.57 Å². The summed E-state index contributed by atoms with van der Waals surface area (Å²) in [5.41, 5.74) is 2.80. The first-order valence-corrected chi connectivity index (χ1v) is 14.8. The number of hydrogen-bond acceptors (Lipinski definition) is 8. The lowest BCUT2D eigenvalue weighted by molar-refractivity contribution is -0.384. The van der Waals surface area contributed by atoms with Gasteiger partial charge in [0.05, 0.1) is 33.4 Å². The molecule has 0 bridgehead atoms. The van der Waals surface area contributed by atoms with Gasteiger partial charge < -0.3 is 9.47 Å². The van der Waals surface area contributed by atoms with Crippen molar-refractivity contribution >= 4 is 39.8 Å². The molecule has 1 aromatic heterocycles. The lowest BCUT2D eigenvalue weighted by atomic mass is 9.91. The molecule has 0 aliphatic carbocycles. The highest BCUT2D eigenvalue weighted by atomic mass is 32.1. The van der Waals surface area contributed by atoms with Crippen LogP contribution >= 0.6 is 11.3 Å². The Morgan fingerprint density at radius 2 is 1.75 bits per heavy atom. The van der Waals surface area contributed by atoms with Crippen molar-refractivity contribution in [3.63, 3.8) is 0 Å². The highest BCUT2D eigenvalue weighted by Gasteiger charge is 2.34. The number of nitro groups is 1. The second-order valence-electron chi connectivity index (χ2n) is 10.1. The molecule has 1 atom stereocenters. The fourth-order valence-electron chi connectivity index (χ4n) is 5.32. The number of non-ortho nitro benzene ring substituents is 1. The molecule has 9 nitrogen and oxygen atoms in total. The summed E-state index contributed by atoms with van der Waals surface area (Å²) >= 11 is 1.24. The van der Waals surface area contributed by atoms with Gasteiger partial charge in [0.15, 0.2) is 4.80 Å². The summed E-state index contributed by atoms with van der Waals surface area (Å²) < 4.78 is 13.5. The highest BCUT2D eigenvalue weighted by molar-refractivity contribution is 7.07. The van der Waals surface area contributed by atoms with Gasteiger partial charge in [-0.05, 0) is 60.0 Å². The van der Waals surface area contributed by atoms with Crippen LogP contribution in [0.5, 0.6) is 5.75 Å². The van der Waals surface area contributed by atoms with E-state index in [1.165, 1.54) is 23.5 Å². The second-order valence-corrected chi connectivity index (χ2v) is 11.1. The first-order valence-electron chi connectivity index (χ1n) is 14.0. The number of carbonyl (C=O) groups excluding carboxylic acids is 1. The zero-order valence-electron chi connectivity index (χ0n) is 23.9. The molecule has 220 valence electrons. The Bertz CT molecular complexity index is 2120. The topological polar surface area (TPSA) is 113 Å². The molecule has 44 heavy (non-hydrogen) atoms. The van der Waals surface area contributed by atoms with Gasteiger partial charge in [-0.25, -0.2) is 9.79 Å². The molecule has 5 aromatic rings. The fourth-order valence-corrected chi connectivity index (χ4v) is 6.36. The van der Waals surface area contributed by atoms with Crippen LogP contribution in [-0.2, 0) is 16.1 Å². The third-order valence-electron chi connectivity index (χ3n) is 7.38. The summed E-state index contributed by atoms with van der Waals surface area (Å²) in [5, 5.41) is 12.9. The fraction of sp³-hybridized carbons (Fsp3) is 0.147. The van der Waals surface area contributed by atoms with Crippen molar-refractivity contribution in [3.8, 4) is 5.75 Å². The standard InChI is InChI=1S/C34H27N3O6S/c1-3-42-33(39)30-21(2)35-34-36(31(30)27-13-8-11-23-9-4-6-12-26(23)27)32(38)29(44-34)19-24-10-5-7-14-28(24)43-20-22-15-17-25(18-16-22)37(40)41/h4-19,31H,3,20H2,1-2H3/b29-19+/t31-/m0/s1. The van der Waals surface area contributed by atoms with Crippen LogP contribution in [-0.4, -0.2) is 22.1 Å². The van der Waals surface area contributed by atoms with Crippen LogP contribution in [0.15, 0.2) is 112 Å². The maximum atomic E-state index is 14.2. The number of thiazole rings is 1. The molecule has 0 spiro atoms. The van der Waals surface area contributed by atoms with Crippen LogP contribution in [0.4, 0.5) is 5.69 Å². The zero-order valence-corrected chi connectivity index (χ0v) is 24.7. The minimum absolute atomic E-state index is 0.00711. The largest absolute Gasteiger partial charge is 0.488 e. The van der Waals surface area contributed by atoms with Crippen LogP contribution < -0.4 is 19.6 Å². The first-order chi connectivity index (χ1) is 21.4. The maximum absolute atomic E-state index is 14.2. The number of nitro benzene ring substituents is 1. The Kier molecular flexibility index (Phi) is 7.91. The third-order valence-corrected chi connectivity index (χ3v) is 8.37. The number of benzene rings is 4. The van der Waals surface area contributed by atoms with E-state index in [-0.39, 0.29) is 24.5 Å². The number of allylic oxidation sites excluding steroid dienone is 1. The Hall–Kier alpha value is -5.35. The van der Waals surface area contributed by atoms with E-state index >= 15 is 0 Å². The predicted molar refractivity (Wildman–Crippen MR) is 168 cm³/mol. The van der Waals surface area contributed by atoms with E-state index in [0.717, 1.165) is 21.9 Å². The molecule has 6 rings (SSSR count). The summed E-state index contributed by atoms with van der Waals surface area (Å²) in [6.45, 7) is 3.89. The molecule has 0 amide bonds. The molecule has 0 saturated carbocycles. The number of rotatable bonds is 8. The number of aromatic nitrogens is 1. The molecular formula is C34H27N3O6S. The number of ether oxygens (including phenoxy) is 2. The summed E-state index contributed by atoms with van der Waals surface area (Å²) in [7, 11) is 0. The van der Waals surface area contributed by atoms with Crippen molar-refractivity contribution in [1.29, 1.82) is 0 Å². The minimum atomic E-state index is -0.729. The third kappa shape index (κ3) is 5.43. The van der Waals surface area contributed by atoms with Crippen LogP contribution in [0, 0.1) is 10.1 Å². The van der Waals surface area contributed by atoms with E-state index in [4.69, 9.17) is 9.47 Å². The lowest BCUT2D eigenvalue weighted by Crippen LogP contribution is -2.40. The summed E-state index contributed by atoms with van der Waals surface area (Å²) in [4.78, 5) is 43.2. The number of esters is 1. The number of fused-ring (bicyclic) bond motifs is 2.